The van der Waals surface area contributed by atoms with Crippen molar-refractivity contribution >= 4 is 11.8 Å². The molecule has 1 aliphatic rings. The minimum atomic E-state index is 0.722. The van der Waals surface area contributed by atoms with Gasteiger partial charge in [0.15, 0.2) is 0 Å². The summed E-state index contributed by atoms with van der Waals surface area (Å²) in [5.41, 5.74) is 2.60. The number of nitrogens with zero attached hydrogens (tertiary/aromatic N) is 2. The molecule has 0 atom stereocenters. The van der Waals surface area contributed by atoms with E-state index in [1.54, 1.807) is 0 Å². The number of thioether (sulfide) groups is 1. The Morgan fingerprint density at radius 3 is 3.00 bits per heavy atom. The van der Waals surface area contributed by atoms with Crippen LogP contribution < -0.4 is 0 Å². The van der Waals surface area contributed by atoms with Crippen molar-refractivity contribution in [3.63, 3.8) is 0 Å². The average Bonchev–Trinajstić information content (AvgIpc) is 2.80. The maximum atomic E-state index is 4.56. The fourth-order valence-corrected chi connectivity index (χ4v) is 1.88. The zero-order chi connectivity index (χ0) is 8.55. The molecule has 1 fully saturated rings. The zero-order valence-corrected chi connectivity index (χ0v) is 8.40. The van der Waals surface area contributed by atoms with E-state index in [1.165, 1.54) is 24.1 Å². The van der Waals surface area contributed by atoms with E-state index in [-0.39, 0.29) is 0 Å². The monoisotopic (exact) mass is 182 g/mol. The van der Waals surface area contributed by atoms with Crippen molar-refractivity contribution in [3.8, 4) is 0 Å². The van der Waals surface area contributed by atoms with Crippen molar-refractivity contribution in [1.82, 2.24) is 9.78 Å². The molecule has 1 saturated carbocycles. The van der Waals surface area contributed by atoms with Crippen molar-refractivity contribution in [3.05, 3.63) is 17.5 Å². The van der Waals surface area contributed by atoms with Crippen molar-refractivity contribution in [2.45, 2.75) is 31.6 Å². The molecule has 0 aromatic carbocycles. The Kier molecular flexibility index (Phi) is 2.13. The van der Waals surface area contributed by atoms with Crippen LogP contribution in [0, 0.1) is 6.92 Å². The van der Waals surface area contributed by atoms with Crippen LogP contribution in [0.1, 0.15) is 30.1 Å². The predicted molar refractivity (Wildman–Crippen MR) is 52.5 cm³/mol. The van der Waals surface area contributed by atoms with Crippen LogP contribution in [0.5, 0.6) is 0 Å². The van der Waals surface area contributed by atoms with Gasteiger partial charge in [0.2, 0.25) is 0 Å². The van der Waals surface area contributed by atoms with E-state index in [4.69, 9.17) is 0 Å². The van der Waals surface area contributed by atoms with Gasteiger partial charge in [-0.05, 0) is 31.6 Å². The Balaban J connectivity index is 2.18. The largest absolute Gasteiger partial charge is 0.269 e. The smallest absolute Gasteiger partial charge is 0.0752 e. The van der Waals surface area contributed by atoms with Gasteiger partial charge >= 0.3 is 0 Å². The fraction of sp³-hybridized carbons (Fsp3) is 0.667. The van der Waals surface area contributed by atoms with E-state index >= 15 is 0 Å². The van der Waals surface area contributed by atoms with E-state index in [2.05, 4.69) is 29.2 Å². The molecule has 3 heteroatoms. The van der Waals surface area contributed by atoms with Crippen LogP contribution in [0.25, 0.3) is 0 Å². The topological polar surface area (TPSA) is 17.8 Å². The van der Waals surface area contributed by atoms with Gasteiger partial charge in [0.05, 0.1) is 11.7 Å². The van der Waals surface area contributed by atoms with Gasteiger partial charge in [-0.15, -0.1) is 0 Å². The third kappa shape index (κ3) is 1.51. The van der Waals surface area contributed by atoms with Gasteiger partial charge < -0.3 is 0 Å². The highest BCUT2D eigenvalue weighted by Crippen LogP contribution is 2.34. The van der Waals surface area contributed by atoms with Crippen LogP contribution >= 0.6 is 11.8 Å². The van der Waals surface area contributed by atoms with E-state index in [9.17, 15) is 0 Å². The maximum absolute atomic E-state index is 4.56. The number of hydrogen-bond donors (Lipinski definition) is 0. The van der Waals surface area contributed by atoms with Crippen LogP contribution in [-0.2, 0) is 5.75 Å². The Hall–Kier alpha value is -0.440. The van der Waals surface area contributed by atoms with Gasteiger partial charge in [-0.1, -0.05) is 0 Å². The van der Waals surface area contributed by atoms with Gasteiger partial charge in [-0.2, -0.15) is 16.9 Å². The first kappa shape index (κ1) is 8.17. The average molecular weight is 182 g/mol. The minimum absolute atomic E-state index is 0.722. The molecule has 2 nitrogen and oxygen atoms in total. The van der Waals surface area contributed by atoms with Gasteiger partial charge in [0.25, 0.3) is 0 Å². The highest BCUT2D eigenvalue weighted by atomic mass is 32.2. The van der Waals surface area contributed by atoms with E-state index < -0.39 is 0 Å². The van der Waals surface area contributed by atoms with Gasteiger partial charge in [-0.25, -0.2) is 0 Å². The second-order valence-electron chi connectivity index (χ2n) is 3.40. The lowest BCUT2D eigenvalue weighted by Gasteiger charge is -1.94. The first-order chi connectivity index (χ1) is 5.81. The first-order valence-electron chi connectivity index (χ1n) is 4.35. The van der Waals surface area contributed by atoms with Gasteiger partial charge in [0, 0.05) is 11.9 Å². The molecule has 0 radical (unpaired) electrons. The molecular weight excluding hydrogens is 168 g/mol. The highest BCUT2D eigenvalue weighted by Gasteiger charge is 2.24. The van der Waals surface area contributed by atoms with Crippen LogP contribution in [-0.4, -0.2) is 16.0 Å². The molecule has 1 heterocycles. The third-order valence-electron chi connectivity index (χ3n) is 2.22. The molecule has 0 aliphatic heterocycles. The summed E-state index contributed by atoms with van der Waals surface area (Å²) in [5.74, 6) is 1.05. The number of aromatic nitrogens is 2. The summed E-state index contributed by atoms with van der Waals surface area (Å²) in [5, 5.41) is 4.56. The van der Waals surface area contributed by atoms with Crippen LogP contribution in [0.15, 0.2) is 6.20 Å². The molecule has 0 unspecified atom stereocenters. The molecule has 0 saturated heterocycles. The maximum Gasteiger partial charge on any atom is 0.0752 e. The molecule has 0 bridgehead atoms. The predicted octanol–water partition coefficient (Wildman–Crippen LogP) is 2.39. The van der Waals surface area contributed by atoms with Gasteiger partial charge in [-0.3, -0.25) is 4.68 Å². The SMILES string of the molecule is CSCc1nn(C2CC2)cc1C. The summed E-state index contributed by atoms with van der Waals surface area (Å²) in [7, 11) is 0. The Morgan fingerprint density at radius 1 is 1.67 bits per heavy atom. The standard InChI is InChI=1S/C9H14N2S/c1-7-5-11(8-3-4-8)10-9(7)6-12-2/h5,8H,3-4,6H2,1-2H3. The molecule has 0 spiro atoms. The summed E-state index contributed by atoms with van der Waals surface area (Å²) >= 11 is 1.84. The van der Waals surface area contributed by atoms with Crippen LogP contribution in [0.3, 0.4) is 0 Å². The van der Waals surface area contributed by atoms with E-state index in [0.29, 0.717) is 0 Å². The summed E-state index contributed by atoms with van der Waals surface area (Å²) in [6.45, 7) is 2.15. The molecule has 12 heavy (non-hydrogen) atoms. The lowest BCUT2D eigenvalue weighted by Crippen LogP contribution is -1.94. The first-order valence-corrected chi connectivity index (χ1v) is 5.74. The molecule has 0 amide bonds. The molecular formula is C9H14N2S. The van der Waals surface area contributed by atoms with E-state index in [0.717, 1.165) is 11.8 Å². The number of rotatable bonds is 3. The summed E-state index contributed by atoms with van der Waals surface area (Å²) in [4.78, 5) is 0. The minimum Gasteiger partial charge on any atom is -0.269 e. The van der Waals surface area contributed by atoms with Crippen molar-refractivity contribution in [2.75, 3.05) is 6.26 Å². The Bertz CT molecular complexity index is 276. The highest BCUT2D eigenvalue weighted by molar-refractivity contribution is 7.97. The molecule has 1 aromatic heterocycles. The molecule has 1 aliphatic carbocycles. The lowest BCUT2D eigenvalue weighted by atomic mass is 10.3. The van der Waals surface area contributed by atoms with Crippen molar-refractivity contribution < 1.29 is 0 Å². The van der Waals surface area contributed by atoms with Crippen molar-refractivity contribution in [1.29, 1.82) is 0 Å². The van der Waals surface area contributed by atoms with E-state index in [1.807, 2.05) is 11.8 Å². The second kappa shape index (κ2) is 3.13. The Labute approximate surface area is 77.3 Å². The van der Waals surface area contributed by atoms with Crippen molar-refractivity contribution in [2.24, 2.45) is 0 Å². The summed E-state index contributed by atoms with van der Waals surface area (Å²) in [6.07, 6.45) is 6.94. The second-order valence-corrected chi connectivity index (χ2v) is 4.27. The fourth-order valence-electron chi connectivity index (χ4n) is 1.33. The summed E-state index contributed by atoms with van der Waals surface area (Å²) in [6, 6.07) is 0.722. The summed E-state index contributed by atoms with van der Waals surface area (Å²) < 4.78 is 2.14. The number of hydrogen-bond acceptors (Lipinski definition) is 2. The molecule has 2 rings (SSSR count). The zero-order valence-electron chi connectivity index (χ0n) is 7.58. The molecule has 0 N–H and O–H groups in total. The van der Waals surface area contributed by atoms with Crippen LogP contribution in [0.4, 0.5) is 0 Å². The van der Waals surface area contributed by atoms with Gasteiger partial charge in [0.1, 0.15) is 0 Å². The third-order valence-corrected chi connectivity index (χ3v) is 2.78. The molecule has 66 valence electrons. The molecule has 1 aromatic rings. The number of aryl methyl sites for hydroxylation is 1. The lowest BCUT2D eigenvalue weighted by molar-refractivity contribution is 0.634. The quantitative estimate of drug-likeness (QED) is 0.714. The Morgan fingerprint density at radius 2 is 2.42 bits per heavy atom. The normalized spacial score (nSPS) is 16.8. The van der Waals surface area contributed by atoms with Crippen LogP contribution in [0.2, 0.25) is 0 Å².